The number of ether oxygens (including phenoxy) is 1. The van der Waals surface area contributed by atoms with E-state index in [4.69, 9.17) is 4.74 Å². The Morgan fingerprint density at radius 2 is 2.21 bits per heavy atom. The van der Waals surface area contributed by atoms with Gasteiger partial charge in [0, 0.05) is 56.6 Å². The average Bonchev–Trinajstić information content (AvgIpc) is 3.25. The molecule has 0 aliphatic carbocycles. The van der Waals surface area contributed by atoms with Gasteiger partial charge in [-0.2, -0.15) is 5.10 Å². The summed E-state index contributed by atoms with van der Waals surface area (Å²) in [7, 11) is 1.91. The predicted molar refractivity (Wildman–Crippen MR) is 106 cm³/mol. The molecule has 2 N–H and O–H groups in total. The number of H-pyrrole nitrogens is 1. The van der Waals surface area contributed by atoms with Crippen LogP contribution in [-0.4, -0.2) is 77.3 Å². The van der Waals surface area contributed by atoms with Crippen LogP contribution in [0.4, 0.5) is 5.82 Å². The van der Waals surface area contributed by atoms with Crippen LogP contribution in [-0.2, 0) is 11.3 Å². The number of carbonyl (C=O) groups is 1. The summed E-state index contributed by atoms with van der Waals surface area (Å²) in [5.74, 6) is 1.29. The van der Waals surface area contributed by atoms with Crippen molar-refractivity contribution in [1.82, 2.24) is 25.0 Å². The van der Waals surface area contributed by atoms with Crippen LogP contribution in [0, 0.1) is 0 Å². The lowest BCUT2D eigenvalue weighted by Gasteiger charge is -2.32. The summed E-state index contributed by atoms with van der Waals surface area (Å²) < 4.78 is 5.33. The highest BCUT2D eigenvalue weighted by molar-refractivity contribution is 5.92. The Hall–Kier alpha value is -2.45. The lowest BCUT2D eigenvalue weighted by Crippen LogP contribution is -2.40. The number of aromatic amines is 1. The van der Waals surface area contributed by atoms with Crippen molar-refractivity contribution in [3.05, 3.63) is 41.3 Å². The molecule has 0 spiro atoms. The average molecular weight is 384 g/mol. The van der Waals surface area contributed by atoms with Gasteiger partial charge in [-0.05, 0) is 31.5 Å². The molecule has 4 rings (SSSR count). The predicted octanol–water partition coefficient (Wildman–Crippen LogP) is 1.70. The minimum Gasteiger partial charge on any atom is -0.378 e. The normalized spacial score (nSPS) is 20.9. The van der Waals surface area contributed by atoms with Crippen LogP contribution in [0.2, 0.25) is 0 Å². The number of hydrogen-bond acceptors (Lipinski definition) is 6. The molecular formula is C20H28N6O2. The minimum atomic E-state index is -0.00696. The van der Waals surface area contributed by atoms with E-state index in [-0.39, 0.29) is 5.91 Å². The van der Waals surface area contributed by atoms with Gasteiger partial charge in [0.15, 0.2) is 0 Å². The van der Waals surface area contributed by atoms with Crippen molar-refractivity contribution in [2.24, 2.45) is 0 Å². The van der Waals surface area contributed by atoms with Crippen molar-refractivity contribution in [2.45, 2.75) is 25.3 Å². The first-order valence-corrected chi connectivity index (χ1v) is 10.0. The number of aromatic nitrogens is 3. The zero-order chi connectivity index (χ0) is 19.3. The number of anilines is 1. The molecule has 8 heteroatoms. The molecule has 4 heterocycles. The lowest BCUT2D eigenvalue weighted by molar-refractivity contribution is 0.0299. The van der Waals surface area contributed by atoms with Gasteiger partial charge in [0.1, 0.15) is 11.5 Å². The molecule has 2 aliphatic heterocycles. The summed E-state index contributed by atoms with van der Waals surface area (Å²) in [5, 5.41) is 10.6. The number of amides is 1. The first-order chi connectivity index (χ1) is 13.7. The molecule has 0 unspecified atom stereocenters. The van der Waals surface area contributed by atoms with Gasteiger partial charge in [0.2, 0.25) is 0 Å². The van der Waals surface area contributed by atoms with Gasteiger partial charge in [0.25, 0.3) is 5.91 Å². The van der Waals surface area contributed by atoms with Crippen LogP contribution in [0.3, 0.4) is 0 Å². The van der Waals surface area contributed by atoms with Crippen molar-refractivity contribution >= 4 is 11.7 Å². The molecule has 1 atom stereocenters. The van der Waals surface area contributed by atoms with Gasteiger partial charge >= 0.3 is 0 Å². The molecule has 2 fully saturated rings. The summed E-state index contributed by atoms with van der Waals surface area (Å²) in [5.41, 5.74) is 2.78. The summed E-state index contributed by atoms with van der Waals surface area (Å²) in [6.45, 7) is 5.36. The first-order valence-electron chi connectivity index (χ1n) is 10.0. The Morgan fingerprint density at radius 3 is 3.04 bits per heavy atom. The van der Waals surface area contributed by atoms with E-state index in [1.54, 1.807) is 0 Å². The van der Waals surface area contributed by atoms with E-state index in [0.717, 1.165) is 44.0 Å². The number of nitrogens with zero attached hydrogens (tertiary/aromatic N) is 4. The molecule has 1 amide bonds. The second kappa shape index (κ2) is 8.70. The van der Waals surface area contributed by atoms with E-state index < -0.39 is 0 Å². The van der Waals surface area contributed by atoms with Crippen LogP contribution < -0.4 is 5.32 Å². The number of pyridine rings is 1. The van der Waals surface area contributed by atoms with Crippen molar-refractivity contribution in [1.29, 1.82) is 0 Å². The van der Waals surface area contributed by atoms with Gasteiger partial charge in [0.05, 0.1) is 13.2 Å². The van der Waals surface area contributed by atoms with Crippen molar-refractivity contribution in [2.75, 3.05) is 51.8 Å². The Balaban J connectivity index is 1.41. The number of nitrogens with one attached hydrogen (secondary N) is 2. The summed E-state index contributed by atoms with van der Waals surface area (Å²) in [6.07, 6.45) is 4.05. The molecule has 2 aliphatic rings. The standard InChI is InChI=1S/C20H28N6O2/c1-21-19-16(4-2-6-22-19)14-25-7-3-5-15(13-25)17-12-18(24-23-17)20(27)26-8-10-28-11-9-26/h2,4,6,12,15H,3,5,7-11,13-14H2,1H3,(H,21,22)(H,23,24)/t15-/m0/s1. The largest absolute Gasteiger partial charge is 0.378 e. The third-order valence-electron chi connectivity index (χ3n) is 5.58. The fourth-order valence-electron chi connectivity index (χ4n) is 4.07. The smallest absolute Gasteiger partial charge is 0.274 e. The third kappa shape index (κ3) is 4.18. The molecule has 0 aromatic carbocycles. The molecule has 0 bridgehead atoms. The Labute approximate surface area is 165 Å². The topological polar surface area (TPSA) is 86.4 Å². The molecule has 2 aromatic heterocycles. The van der Waals surface area contributed by atoms with Crippen molar-refractivity contribution in [3.63, 3.8) is 0 Å². The maximum absolute atomic E-state index is 12.6. The van der Waals surface area contributed by atoms with Crippen LogP contribution in [0.25, 0.3) is 0 Å². The number of rotatable bonds is 5. The van der Waals surface area contributed by atoms with Crippen LogP contribution in [0.5, 0.6) is 0 Å². The fraction of sp³-hybridized carbons (Fsp3) is 0.550. The first kappa shape index (κ1) is 18.9. The molecule has 28 heavy (non-hydrogen) atoms. The van der Waals surface area contributed by atoms with Crippen LogP contribution >= 0.6 is 0 Å². The second-order valence-corrected chi connectivity index (χ2v) is 7.45. The molecule has 2 aromatic rings. The fourth-order valence-corrected chi connectivity index (χ4v) is 4.07. The van der Waals surface area contributed by atoms with Crippen molar-refractivity contribution < 1.29 is 9.53 Å². The maximum atomic E-state index is 12.6. The van der Waals surface area contributed by atoms with E-state index >= 15 is 0 Å². The van der Waals surface area contributed by atoms with Crippen LogP contribution in [0.15, 0.2) is 24.4 Å². The number of hydrogen-bond donors (Lipinski definition) is 2. The van der Waals surface area contributed by atoms with E-state index in [1.165, 1.54) is 5.56 Å². The highest BCUT2D eigenvalue weighted by atomic mass is 16.5. The zero-order valence-electron chi connectivity index (χ0n) is 16.4. The summed E-state index contributed by atoms with van der Waals surface area (Å²) in [4.78, 5) is 21.3. The quantitative estimate of drug-likeness (QED) is 0.816. The van der Waals surface area contributed by atoms with E-state index in [9.17, 15) is 4.79 Å². The molecule has 0 saturated carbocycles. The number of piperidine rings is 1. The lowest BCUT2D eigenvalue weighted by atomic mass is 9.94. The Kier molecular flexibility index (Phi) is 5.87. The second-order valence-electron chi connectivity index (χ2n) is 7.45. The Morgan fingerprint density at radius 1 is 1.36 bits per heavy atom. The Bertz CT molecular complexity index is 801. The van der Waals surface area contributed by atoms with Gasteiger partial charge in [-0.15, -0.1) is 0 Å². The molecule has 150 valence electrons. The molecule has 2 saturated heterocycles. The third-order valence-corrected chi connectivity index (χ3v) is 5.58. The summed E-state index contributed by atoms with van der Waals surface area (Å²) >= 11 is 0. The van der Waals surface area contributed by atoms with E-state index in [1.807, 2.05) is 30.3 Å². The monoisotopic (exact) mass is 384 g/mol. The molecule has 0 radical (unpaired) electrons. The minimum absolute atomic E-state index is 0.00696. The maximum Gasteiger partial charge on any atom is 0.274 e. The zero-order valence-corrected chi connectivity index (χ0v) is 16.4. The SMILES string of the molecule is CNc1ncccc1CN1CCC[C@H](c2cc(C(=O)N3CCOCC3)n[nH]2)C1. The molecular weight excluding hydrogens is 356 g/mol. The number of likely N-dealkylation sites (tertiary alicyclic amines) is 1. The van der Waals surface area contributed by atoms with Gasteiger partial charge in [-0.25, -0.2) is 4.98 Å². The number of carbonyl (C=O) groups excluding carboxylic acids is 1. The van der Waals surface area contributed by atoms with Gasteiger partial charge in [-0.3, -0.25) is 14.8 Å². The van der Waals surface area contributed by atoms with Gasteiger partial charge < -0.3 is 15.0 Å². The van der Waals surface area contributed by atoms with Crippen molar-refractivity contribution in [3.8, 4) is 0 Å². The van der Waals surface area contributed by atoms with Crippen LogP contribution in [0.1, 0.15) is 40.5 Å². The molecule has 8 nitrogen and oxygen atoms in total. The van der Waals surface area contributed by atoms with E-state index in [0.29, 0.717) is 37.9 Å². The highest BCUT2D eigenvalue weighted by Crippen LogP contribution is 2.28. The highest BCUT2D eigenvalue weighted by Gasteiger charge is 2.26. The van der Waals surface area contributed by atoms with E-state index in [2.05, 4.69) is 31.5 Å². The number of morpholine rings is 1. The van der Waals surface area contributed by atoms with Gasteiger partial charge in [-0.1, -0.05) is 6.07 Å². The summed E-state index contributed by atoms with van der Waals surface area (Å²) in [6, 6.07) is 6.04.